The summed E-state index contributed by atoms with van der Waals surface area (Å²) in [5.74, 6) is -0.967. The Morgan fingerprint density at radius 2 is 1.80 bits per heavy atom. The topological polar surface area (TPSA) is 40.5 Å². The molecule has 1 aromatic carbocycles. The molecule has 1 heterocycles. The van der Waals surface area contributed by atoms with Crippen LogP contribution in [0.1, 0.15) is 48.9 Å². The maximum absolute atomic E-state index is 11.0. The molecule has 1 aliphatic carbocycles. The van der Waals surface area contributed by atoms with Gasteiger partial charge in [0.05, 0.1) is 10.6 Å². The molecule has 0 atom stereocenters. The van der Waals surface area contributed by atoms with Crippen molar-refractivity contribution in [2.24, 2.45) is 5.41 Å². The first-order valence-corrected chi connectivity index (χ1v) is 7.75. The second-order valence-corrected chi connectivity index (χ2v) is 6.57. The Labute approximate surface area is 124 Å². The summed E-state index contributed by atoms with van der Waals surface area (Å²) in [7, 11) is 0. The van der Waals surface area contributed by atoms with E-state index in [2.05, 4.69) is 4.90 Å². The number of benzene rings is 1. The summed E-state index contributed by atoms with van der Waals surface area (Å²) in [5.41, 5.74) is 1.83. The van der Waals surface area contributed by atoms with Gasteiger partial charge in [-0.3, -0.25) is 0 Å². The van der Waals surface area contributed by atoms with Crippen molar-refractivity contribution in [3.8, 4) is 0 Å². The number of piperidine rings is 1. The number of carbonyl (C=O) groups is 1. The molecule has 1 spiro atoms. The quantitative estimate of drug-likeness (QED) is 0.888. The molecule has 0 bridgehead atoms. The average Bonchev–Trinajstić information content (AvgIpc) is 2.87. The molecule has 0 aromatic heterocycles. The minimum atomic E-state index is -0.967. The SMILES string of the molecule is O=C(O)c1ccc(N2CCC3(CCCC3)CC2)cc1Cl. The van der Waals surface area contributed by atoms with Crippen LogP contribution >= 0.6 is 11.6 Å². The molecule has 1 saturated heterocycles. The number of aromatic carboxylic acids is 1. The van der Waals surface area contributed by atoms with Gasteiger partial charge < -0.3 is 10.0 Å². The Bertz CT molecular complexity index is 513. The van der Waals surface area contributed by atoms with Crippen LogP contribution in [0.5, 0.6) is 0 Å². The predicted molar refractivity (Wildman–Crippen MR) is 80.8 cm³/mol. The normalized spacial score (nSPS) is 21.4. The summed E-state index contributed by atoms with van der Waals surface area (Å²) in [5, 5.41) is 9.34. The summed E-state index contributed by atoms with van der Waals surface area (Å²) in [6, 6.07) is 5.28. The van der Waals surface area contributed by atoms with Gasteiger partial charge in [-0.25, -0.2) is 4.79 Å². The first-order valence-electron chi connectivity index (χ1n) is 7.38. The molecule has 3 rings (SSSR count). The third-order valence-corrected chi connectivity index (χ3v) is 5.35. The van der Waals surface area contributed by atoms with Gasteiger partial charge in [-0.05, 0) is 49.3 Å². The van der Waals surface area contributed by atoms with Gasteiger partial charge in [-0.15, -0.1) is 0 Å². The molecule has 0 unspecified atom stereocenters. The van der Waals surface area contributed by atoms with E-state index in [1.807, 2.05) is 6.07 Å². The molecule has 3 nitrogen and oxygen atoms in total. The zero-order chi connectivity index (χ0) is 14.2. The number of anilines is 1. The Kier molecular flexibility index (Phi) is 3.63. The molecular weight excluding hydrogens is 274 g/mol. The number of carboxylic acid groups (broad SMARTS) is 1. The van der Waals surface area contributed by atoms with E-state index in [1.165, 1.54) is 38.5 Å². The molecule has 2 aliphatic rings. The van der Waals surface area contributed by atoms with Crippen molar-refractivity contribution in [2.45, 2.75) is 38.5 Å². The zero-order valence-electron chi connectivity index (χ0n) is 11.6. The highest BCUT2D eigenvalue weighted by Gasteiger charge is 2.36. The molecule has 1 aromatic rings. The summed E-state index contributed by atoms with van der Waals surface area (Å²) in [6.07, 6.45) is 8.06. The molecule has 0 amide bonds. The predicted octanol–water partition coefficient (Wildman–Crippen LogP) is 4.20. The van der Waals surface area contributed by atoms with Crippen molar-refractivity contribution in [1.29, 1.82) is 0 Å². The van der Waals surface area contributed by atoms with Crippen LogP contribution in [0.25, 0.3) is 0 Å². The van der Waals surface area contributed by atoms with Gasteiger partial charge in [0, 0.05) is 18.8 Å². The number of carboxylic acids is 1. The van der Waals surface area contributed by atoms with E-state index in [4.69, 9.17) is 16.7 Å². The summed E-state index contributed by atoms with van der Waals surface area (Å²) < 4.78 is 0. The van der Waals surface area contributed by atoms with Crippen LogP contribution < -0.4 is 4.90 Å². The van der Waals surface area contributed by atoms with Crippen molar-refractivity contribution in [2.75, 3.05) is 18.0 Å². The Morgan fingerprint density at radius 3 is 2.35 bits per heavy atom. The minimum absolute atomic E-state index is 0.180. The van der Waals surface area contributed by atoms with E-state index in [9.17, 15) is 4.79 Å². The highest BCUT2D eigenvalue weighted by atomic mass is 35.5. The highest BCUT2D eigenvalue weighted by Crippen LogP contribution is 2.46. The van der Waals surface area contributed by atoms with Gasteiger partial charge >= 0.3 is 5.97 Å². The number of hydrogen-bond donors (Lipinski definition) is 1. The van der Waals surface area contributed by atoms with Crippen molar-refractivity contribution in [3.05, 3.63) is 28.8 Å². The fourth-order valence-corrected chi connectivity index (χ4v) is 3.99. The first-order chi connectivity index (χ1) is 9.60. The van der Waals surface area contributed by atoms with E-state index in [1.54, 1.807) is 12.1 Å². The van der Waals surface area contributed by atoms with Gasteiger partial charge in [0.1, 0.15) is 0 Å². The summed E-state index contributed by atoms with van der Waals surface area (Å²) in [4.78, 5) is 13.3. The molecule has 1 aliphatic heterocycles. The van der Waals surface area contributed by atoms with Gasteiger partial charge in [-0.1, -0.05) is 24.4 Å². The van der Waals surface area contributed by atoms with Gasteiger partial charge in [-0.2, -0.15) is 0 Å². The van der Waals surface area contributed by atoms with Crippen LogP contribution in [0.2, 0.25) is 5.02 Å². The molecule has 1 N–H and O–H groups in total. The minimum Gasteiger partial charge on any atom is -0.478 e. The molecule has 1 saturated carbocycles. The van der Waals surface area contributed by atoms with Crippen LogP contribution in [-0.4, -0.2) is 24.2 Å². The fraction of sp³-hybridized carbons (Fsp3) is 0.562. The second-order valence-electron chi connectivity index (χ2n) is 6.16. The maximum atomic E-state index is 11.0. The number of halogens is 1. The second kappa shape index (κ2) is 5.28. The molecule has 20 heavy (non-hydrogen) atoms. The number of rotatable bonds is 2. The summed E-state index contributed by atoms with van der Waals surface area (Å²) in [6.45, 7) is 2.12. The van der Waals surface area contributed by atoms with Crippen molar-refractivity contribution >= 4 is 23.3 Å². The maximum Gasteiger partial charge on any atom is 0.337 e. The monoisotopic (exact) mass is 293 g/mol. The fourth-order valence-electron chi connectivity index (χ4n) is 3.74. The Balaban J connectivity index is 1.72. The molecule has 0 radical (unpaired) electrons. The van der Waals surface area contributed by atoms with Crippen LogP contribution in [-0.2, 0) is 0 Å². The Morgan fingerprint density at radius 1 is 1.15 bits per heavy atom. The van der Waals surface area contributed by atoms with Crippen molar-refractivity contribution < 1.29 is 9.90 Å². The first kappa shape index (κ1) is 13.7. The van der Waals surface area contributed by atoms with Crippen LogP contribution in [0.15, 0.2) is 18.2 Å². The molecule has 4 heteroatoms. The summed E-state index contributed by atoms with van der Waals surface area (Å²) >= 11 is 6.06. The zero-order valence-corrected chi connectivity index (χ0v) is 12.3. The van der Waals surface area contributed by atoms with Gasteiger partial charge in [0.2, 0.25) is 0 Å². The highest BCUT2D eigenvalue weighted by molar-refractivity contribution is 6.33. The number of nitrogens with zero attached hydrogens (tertiary/aromatic N) is 1. The third-order valence-electron chi connectivity index (χ3n) is 5.04. The van der Waals surface area contributed by atoms with Crippen molar-refractivity contribution in [3.63, 3.8) is 0 Å². The van der Waals surface area contributed by atoms with Crippen LogP contribution in [0.3, 0.4) is 0 Å². The lowest BCUT2D eigenvalue weighted by Crippen LogP contribution is -2.38. The standard InChI is InChI=1S/C16H20ClNO2/c17-14-11-12(3-4-13(14)15(19)20)18-9-7-16(8-10-18)5-1-2-6-16/h3-4,11H,1-2,5-10H2,(H,19,20). The molecule has 2 fully saturated rings. The van der Waals surface area contributed by atoms with Gasteiger partial charge in [0.15, 0.2) is 0 Å². The molecular formula is C16H20ClNO2. The lowest BCUT2D eigenvalue weighted by atomic mass is 9.77. The lowest BCUT2D eigenvalue weighted by molar-refractivity contribution is 0.0697. The number of hydrogen-bond acceptors (Lipinski definition) is 2. The smallest absolute Gasteiger partial charge is 0.337 e. The molecule has 108 valence electrons. The van der Waals surface area contributed by atoms with Crippen molar-refractivity contribution in [1.82, 2.24) is 0 Å². The largest absolute Gasteiger partial charge is 0.478 e. The van der Waals surface area contributed by atoms with Gasteiger partial charge in [0.25, 0.3) is 0 Å². The lowest BCUT2D eigenvalue weighted by Gasteiger charge is -2.40. The van der Waals surface area contributed by atoms with Crippen LogP contribution in [0.4, 0.5) is 5.69 Å². The van der Waals surface area contributed by atoms with Crippen LogP contribution in [0, 0.1) is 5.41 Å². The van der Waals surface area contributed by atoms with E-state index in [0.717, 1.165) is 18.8 Å². The van der Waals surface area contributed by atoms with E-state index < -0.39 is 5.97 Å². The van der Waals surface area contributed by atoms with E-state index in [0.29, 0.717) is 10.4 Å². The third kappa shape index (κ3) is 2.51. The van der Waals surface area contributed by atoms with E-state index in [-0.39, 0.29) is 5.56 Å². The van der Waals surface area contributed by atoms with E-state index >= 15 is 0 Å². The average molecular weight is 294 g/mol. The Hall–Kier alpha value is -1.22.